The number of carbonyl (C=O) groups is 2. The molecule has 0 aromatic carbocycles. The summed E-state index contributed by atoms with van der Waals surface area (Å²) in [5, 5.41) is 13.2. The van der Waals surface area contributed by atoms with Gasteiger partial charge in [-0.15, -0.1) is 0 Å². The van der Waals surface area contributed by atoms with Crippen LogP contribution in [-0.2, 0) is 4.79 Å². The molecule has 1 N–H and O–H groups in total. The van der Waals surface area contributed by atoms with Crippen molar-refractivity contribution < 1.29 is 14.5 Å². The molecule has 0 spiro atoms. The molecule has 0 atom stereocenters. The van der Waals surface area contributed by atoms with Crippen LogP contribution in [0.25, 0.3) is 0 Å². The normalized spacial score (nSPS) is 10.4. The third kappa shape index (κ3) is 4.30. The van der Waals surface area contributed by atoms with Gasteiger partial charge >= 0.3 is 5.00 Å². The van der Waals surface area contributed by atoms with E-state index >= 15 is 0 Å². The minimum absolute atomic E-state index is 0.000802. The zero-order valence-corrected chi connectivity index (χ0v) is 12.4. The van der Waals surface area contributed by atoms with Crippen LogP contribution in [0.4, 0.5) is 5.00 Å². The number of nitro groups is 1. The van der Waals surface area contributed by atoms with Crippen molar-refractivity contribution in [2.45, 2.75) is 26.8 Å². The first-order valence-electron chi connectivity index (χ1n) is 6.18. The van der Waals surface area contributed by atoms with Crippen LogP contribution in [0.1, 0.15) is 30.4 Å². The first-order valence-corrected chi connectivity index (χ1v) is 6.99. The molecule has 0 aliphatic rings. The highest BCUT2D eigenvalue weighted by atomic mass is 32.1. The Bertz CT molecular complexity index is 513. The van der Waals surface area contributed by atoms with Crippen LogP contribution >= 0.6 is 11.3 Å². The lowest BCUT2D eigenvalue weighted by atomic mass is 10.3. The lowest BCUT2D eigenvalue weighted by Gasteiger charge is -2.20. The average molecular weight is 299 g/mol. The number of nitrogens with zero attached hydrogens (tertiary/aromatic N) is 2. The molecule has 1 heterocycles. The Kier molecular flexibility index (Phi) is 5.63. The molecule has 110 valence electrons. The quantitative estimate of drug-likeness (QED) is 0.638. The van der Waals surface area contributed by atoms with E-state index in [1.54, 1.807) is 6.92 Å². The van der Waals surface area contributed by atoms with E-state index in [0.717, 1.165) is 11.3 Å². The Morgan fingerprint density at radius 2 is 2.10 bits per heavy atom. The third-order valence-corrected chi connectivity index (χ3v) is 3.46. The van der Waals surface area contributed by atoms with Gasteiger partial charge in [0, 0.05) is 18.7 Å². The predicted octanol–water partition coefficient (Wildman–Crippen LogP) is 1.64. The van der Waals surface area contributed by atoms with Crippen LogP contribution in [0.5, 0.6) is 0 Å². The Morgan fingerprint density at radius 3 is 2.55 bits per heavy atom. The average Bonchev–Trinajstić information content (AvgIpc) is 2.83. The predicted molar refractivity (Wildman–Crippen MR) is 75.8 cm³/mol. The SMILES string of the molecule is CCN(CC(=O)NC(C)C)C(=O)c1ccc([N+](=O)[O-])s1. The molecule has 0 aliphatic heterocycles. The monoisotopic (exact) mass is 299 g/mol. The van der Waals surface area contributed by atoms with Crippen molar-refractivity contribution in [3.63, 3.8) is 0 Å². The summed E-state index contributed by atoms with van der Waals surface area (Å²) in [5.74, 6) is -0.620. The van der Waals surface area contributed by atoms with Crippen LogP contribution in [0.3, 0.4) is 0 Å². The van der Waals surface area contributed by atoms with Crippen molar-refractivity contribution >= 4 is 28.2 Å². The highest BCUT2D eigenvalue weighted by Gasteiger charge is 2.21. The number of amides is 2. The summed E-state index contributed by atoms with van der Waals surface area (Å²) in [5.41, 5.74) is 0. The van der Waals surface area contributed by atoms with Crippen LogP contribution in [0.15, 0.2) is 12.1 Å². The maximum absolute atomic E-state index is 12.2. The molecule has 0 bridgehead atoms. The van der Waals surface area contributed by atoms with E-state index in [9.17, 15) is 19.7 Å². The topological polar surface area (TPSA) is 92.6 Å². The minimum Gasteiger partial charge on any atom is -0.352 e. The number of hydrogen-bond donors (Lipinski definition) is 1. The lowest BCUT2D eigenvalue weighted by molar-refractivity contribution is -0.380. The summed E-state index contributed by atoms with van der Waals surface area (Å²) in [6, 6.07) is 2.70. The van der Waals surface area contributed by atoms with Crippen LogP contribution in [0.2, 0.25) is 0 Å². The zero-order chi connectivity index (χ0) is 15.3. The Labute approximate surface area is 120 Å². The molecule has 1 aromatic rings. The fraction of sp³-hybridized carbons (Fsp3) is 0.500. The highest BCUT2D eigenvalue weighted by molar-refractivity contribution is 7.17. The first kappa shape index (κ1) is 16.1. The standard InChI is InChI=1S/C12H17N3O4S/c1-4-14(7-10(16)13-8(2)3)12(17)9-5-6-11(20-9)15(18)19/h5-6,8H,4,7H2,1-3H3,(H,13,16). The van der Waals surface area contributed by atoms with Gasteiger partial charge in [-0.25, -0.2) is 0 Å². The summed E-state index contributed by atoms with van der Waals surface area (Å²) in [6.45, 7) is 5.72. The van der Waals surface area contributed by atoms with E-state index in [4.69, 9.17) is 0 Å². The lowest BCUT2D eigenvalue weighted by Crippen LogP contribution is -2.42. The summed E-state index contributed by atoms with van der Waals surface area (Å²) in [4.78, 5) is 35.5. The molecule has 0 unspecified atom stereocenters. The number of hydrogen-bond acceptors (Lipinski definition) is 5. The maximum atomic E-state index is 12.2. The van der Waals surface area contributed by atoms with Gasteiger partial charge in [-0.05, 0) is 26.8 Å². The van der Waals surface area contributed by atoms with Crippen molar-refractivity contribution in [3.05, 3.63) is 27.1 Å². The van der Waals surface area contributed by atoms with Crippen molar-refractivity contribution in [1.82, 2.24) is 10.2 Å². The molecule has 0 aliphatic carbocycles. The molecule has 7 nitrogen and oxygen atoms in total. The van der Waals surface area contributed by atoms with Gasteiger partial charge in [0.2, 0.25) is 5.91 Å². The second-order valence-electron chi connectivity index (χ2n) is 4.44. The number of rotatable bonds is 6. The Balaban J connectivity index is 2.75. The van der Waals surface area contributed by atoms with Crippen molar-refractivity contribution in [2.24, 2.45) is 0 Å². The minimum atomic E-state index is -0.538. The van der Waals surface area contributed by atoms with E-state index in [-0.39, 0.29) is 34.3 Å². The Hall–Kier alpha value is -1.96. The van der Waals surface area contributed by atoms with E-state index in [1.165, 1.54) is 17.0 Å². The van der Waals surface area contributed by atoms with Gasteiger partial charge < -0.3 is 10.2 Å². The molecular weight excluding hydrogens is 282 g/mol. The van der Waals surface area contributed by atoms with Crippen molar-refractivity contribution in [1.29, 1.82) is 0 Å². The second-order valence-corrected chi connectivity index (χ2v) is 5.50. The largest absolute Gasteiger partial charge is 0.352 e. The summed E-state index contributed by atoms with van der Waals surface area (Å²) < 4.78 is 0. The van der Waals surface area contributed by atoms with Gasteiger partial charge in [-0.1, -0.05) is 11.3 Å². The van der Waals surface area contributed by atoms with E-state index in [2.05, 4.69) is 5.32 Å². The fourth-order valence-electron chi connectivity index (χ4n) is 1.56. The molecule has 8 heteroatoms. The molecule has 0 fully saturated rings. The Morgan fingerprint density at radius 1 is 1.45 bits per heavy atom. The molecule has 0 saturated carbocycles. The van der Waals surface area contributed by atoms with E-state index in [1.807, 2.05) is 13.8 Å². The number of thiophene rings is 1. The van der Waals surface area contributed by atoms with Crippen LogP contribution in [0, 0.1) is 10.1 Å². The first-order chi connectivity index (χ1) is 9.35. The number of likely N-dealkylation sites (N-methyl/N-ethyl adjacent to an activating group) is 1. The number of carbonyl (C=O) groups excluding carboxylic acids is 2. The summed E-state index contributed by atoms with van der Waals surface area (Å²) in [6.07, 6.45) is 0. The van der Waals surface area contributed by atoms with Gasteiger partial charge in [0.15, 0.2) is 0 Å². The van der Waals surface area contributed by atoms with Crippen molar-refractivity contribution in [2.75, 3.05) is 13.1 Å². The molecule has 0 saturated heterocycles. The maximum Gasteiger partial charge on any atom is 0.324 e. The summed E-state index contributed by atoms with van der Waals surface area (Å²) >= 11 is 0.812. The fourth-order valence-corrected chi connectivity index (χ4v) is 2.35. The van der Waals surface area contributed by atoms with Crippen LogP contribution < -0.4 is 5.32 Å². The second kappa shape index (κ2) is 6.99. The van der Waals surface area contributed by atoms with E-state index < -0.39 is 4.92 Å². The smallest absolute Gasteiger partial charge is 0.324 e. The molecule has 1 rings (SSSR count). The van der Waals surface area contributed by atoms with Gasteiger partial charge in [0.25, 0.3) is 5.91 Å². The van der Waals surface area contributed by atoms with Crippen LogP contribution in [-0.4, -0.2) is 40.8 Å². The van der Waals surface area contributed by atoms with Crippen molar-refractivity contribution in [3.8, 4) is 0 Å². The number of nitrogens with one attached hydrogen (secondary N) is 1. The molecular formula is C12H17N3O4S. The van der Waals surface area contributed by atoms with Gasteiger partial charge in [-0.2, -0.15) is 0 Å². The summed E-state index contributed by atoms with van der Waals surface area (Å²) in [7, 11) is 0. The van der Waals surface area contributed by atoms with Gasteiger partial charge in [0.1, 0.15) is 0 Å². The highest BCUT2D eigenvalue weighted by Crippen LogP contribution is 2.24. The molecule has 20 heavy (non-hydrogen) atoms. The molecule has 2 amide bonds. The van der Waals surface area contributed by atoms with E-state index in [0.29, 0.717) is 6.54 Å². The van der Waals surface area contributed by atoms with Gasteiger partial charge in [0.05, 0.1) is 16.3 Å². The molecule has 1 aromatic heterocycles. The zero-order valence-electron chi connectivity index (χ0n) is 11.6. The molecule has 0 radical (unpaired) electrons. The third-order valence-electron chi connectivity index (χ3n) is 2.44. The van der Waals surface area contributed by atoms with Gasteiger partial charge in [-0.3, -0.25) is 19.7 Å².